The first-order valence-corrected chi connectivity index (χ1v) is 17.3. The molecule has 218 valence electrons. The molecule has 1 aromatic heterocycles. The van der Waals surface area contributed by atoms with Gasteiger partial charge in [-0.05, 0) is 51.6 Å². The van der Waals surface area contributed by atoms with Crippen molar-refractivity contribution in [3.8, 4) is 11.1 Å². The van der Waals surface area contributed by atoms with E-state index in [1.807, 2.05) is 72.8 Å². The van der Waals surface area contributed by atoms with Gasteiger partial charge in [0.05, 0.1) is 5.41 Å². The van der Waals surface area contributed by atoms with Gasteiger partial charge in [-0.15, -0.1) is 0 Å². The third-order valence-electron chi connectivity index (χ3n) is 9.67. The highest BCUT2D eigenvalue weighted by Crippen LogP contribution is 2.56. The first-order chi connectivity index (χ1) is 22.7. The lowest BCUT2D eigenvalue weighted by Crippen LogP contribution is -2.30. The molecule has 46 heavy (non-hydrogen) atoms. The second-order valence-corrected chi connectivity index (χ2v) is 14.7. The summed E-state index contributed by atoms with van der Waals surface area (Å²) in [6.45, 7) is 0. The summed E-state index contributed by atoms with van der Waals surface area (Å²) in [5.74, 6) is 0. The highest BCUT2D eigenvalue weighted by molar-refractivity contribution is 7.85. The molecule has 0 atom stereocenters. The van der Waals surface area contributed by atoms with E-state index in [4.69, 9.17) is 4.42 Å². The Bertz CT molecular complexity index is 2350. The normalized spacial score (nSPS) is 13.5. The summed E-state index contributed by atoms with van der Waals surface area (Å²) in [5, 5.41) is 4.69. The first-order valence-electron chi connectivity index (χ1n) is 15.6. The summed E-state index contributed by atoms with van der Waals surface area (Å²) < 4.78 is 21.5. The Kier molecular flexibility index (Phi) is 6.03. The standard InChI is InChI=1S/C43H29O2P/c44-46(32-13-3-1-4-14-32,33-15-5-2-6-16-33)34-26-23-30(24-27-34)43(39-20-10-7-17-35(39)36-18-8-11-21-40(36)43)31-25-28-42-38(29-31)37-19-9-12-22-41(37)45-42/h1-29H. The van der Waals surface area contributed by atoms with Crippen molar-refractivity contribution in [1.29, 1.82) is 0 Å². The van der Waals surface area contributed by atoms with Crippen LogP contribution in [0.4, 0.5) is 0 Å². The van der Waals surface area contributed by atoms with Crippen LogP contribution in [0, 0.1) is 0 Å². The summed E-state index contributed by atoms with van der Waals surface area (Å²) in [6, 6.07) is 60.7. The Morgan fingerprint density at radius 2 is 0.891 bits per heavy atom. The van der Waals surface area contributed by atoms with Gasteiger partial charge in [0.25, 0.3) is 0 Å². The second-order valence-electron chi connectivity index (χ2n) is 12.0. The number of furan rings is 1. The Labute approximate surface area is 268 Å². The van der Waals surface area contributed by atoms with E-state index in [0.717, 1.165) is 43.4 Å². The Hall–Kier alpha value is -5.43. The van der Waals surface area contributed by atoms with Crippen LogP contribution in [-0.4, -0.2) is 0 Å². The predicted molar refractivity (Wildman–Crippen MR) is 190 cm³/mol. The molecule has 0 bridgehead atoms. The summed E-state index contributed by atoms with van der Waals surface area (Å²) >= 11 is 0. The molecule has 3 heteroatoms. The van der Waals surface area contributed by atoms with E-state index in [1.165, 1.54) is 27.8 Å². The number of para-hydroxylation sites is 1. The Morgan fingerprint density at radius 1 is 0.413 bits per heavy atom. The molecule has 1 aliphatic rings. The van der Waals surface area contributed by atoms with E-state index < -0.39 is 12.6 Å². The van der Waals surface area contributed by atoms with E-state index >= 15 is 4.57 Å². The summed E-state index contributed by atoms with van der Waals surface area (Å²) in [7, 11) is -3.12. The van der Waals surface area contributed by atoms with Gasteiger partial charge in [0, 0.05) is 26.7 Å². The van der Waals surface area contributed by atoms with Crippen molar-refractivity contribution in [3.05, 3.63) is 198 Å². The van der Waals surface area contributed by atoms with E-state index in [1.54, 1.807) is 0 Å². The smallest absolute Gasteiger partial charge is 0.171 e. The summed E-state index contributed by atoms with van der Waals surface area (Å²) in [6.07, 6.45) is 0. The zero-order chi connectivity index (χ0) is 30.7. The number of benzene rings is 7. The van der Waals surface area contributed by atoms with Crippen LogP contribution in [0.5, 0.6) is 0 Å². The minimum Gasteiger partial charge on any atom is -0.456 e. The van der Waals surface area contributed by atoms with Gasteiger partial charge in [0.15, 0.2) is 7.14 Å². The van der Waals surface area contributed by atoms with Gasteiger partial charge in [-0.1, -0.05) is 158 Å². The molecule has 0 unspecified atom stereocenters. The van der Waals surface area contributed by atoms with Gasteiger partial charge in [0.2, 0.25) is 0 Å². The van der Waals surface area contributed by atoms with Crippen molar-refractivity contribution in [2.75, 3.05) is 0 Å². The molecule has 0 fully saturated rings. The van der Waals surface area contributed by atoms with Gasteiger partial charge in [-0.2, -0.15) is 0 Å². The van der Waals surface area contributed by atoms with Gasteiger partial charge in [-0.25, -0.2) is 0 Å². The number of rotatable bonds is 5. The molecule has 0 amide bonds. The fourth-order valence-electron chi connectivity index (χ4n) is 7.63. The summed E-state index contributed by atoms with van der Waals surface area (Å²) in [5.41, 5.74) is 8.44. The Morgan fingerprint density at radius 3 is 1.52 bits per heavy atom. The molecule has 1 heterocycles. The number of fused-ring (bicyclic) bond motifs is 6. The van der Waals surface area contributed by atoms with Crippen LogP contribution in [-0.2, 0) is 9.98 Å². The minimum atomic E-state index is -3.12. The quantitative estimate of drug-likeness (QED) is 0.182. The lowest BCUT2D eigenvalue weighted by Gasteiger charge is -2.34. The highest BCUT2D eigenvalue weighted by Gasteiger charge is 2.46. The van der Waals surface area contributed by atoms with E-state index in [9.17, 15) is 0 Å². The molecular weight excluding hydrogens is 579 g/mol. The molecule has 2 nitrogen and oxygen atoms in total. The second kappa shape index (κ2) is 10.3. The van der Waals surface area contributed by atoms with Crippen LogP contribution in [0.3, 0.4) is 0 Å². The maximum absolute atomic E-state index is 15.2. The minimum absolute atomic E-state index is 0.582. The van der Waals surface area contributed by atoms with E-state index in [2.05, 4.69) is 103 Å². The fourth-order valence-corrected chi connectivity index (χ4v) is 10.3. The molecule has 0 N–H and O–H groups in total. The molecule has 0 aliphatic heterocycles. The largest absolute Gasteiger partial charge is 0.456 e. The maximum atomic E-state index is 15.2. The number of hydrogen-bond donors (Lipinski definition) is 0. The van der Waals surface area contributed by atoms with Crippen molar-refractivity contribution in [2.24, 2.45) is 0 Å². The van der Waals surface area contributed by atoms with Gasteiger partial charge in [-0.3, -0.25) is 0 Å². The van der Waals surface area contributed by atoms with Crippen molar-refractivity contribution < 1.29 is 8.98 Å². The Balaban J connectivity index is 1.32. The van der Waals surface area contributed by atoms with Gasteiger partial charge < -0.3 is 8.98 Å². The van der Waals surface area contributed by atoms with Crippen molar-refractivity contribution in [1.82, 2.24) is 0 Å². The molecule has 0 spiro atoms. The van der Waals surface area contributed by atoms with Crippen LogP contribution in [0.2, 0.25) is 0 Å². The highest BCUT2D eigenvalue weighted by atomic mass is 31.2. The van der Waals surface area contributed by atoms with Crippen LogP contribution in [0.15, 0.2) is 180 Å². The van der Waals surface area contributed by atoms with Crippen LogP contribution in [0.25, 0.3) is 33.1 Å². The monoisotopic (exact) mass is 608 g/mol. The van der Waals surface area contributed by atoms with Crippen molar-refractivity contribution in [3.63, 3.8) is 0 Å². The van der Waals surface area contributed by atoms with E-state index in [0.29, 0.717) is 0 Å². The van der Waals surface area contributed by atoms with E-state index in [-0.39, 0.29) is 0 Å². The summed E-state index contributed by atoms with van der Waals surface area (Å²) in [4.78, 5) is 0. The topological polar surface area (TPSA) is 30.2 Å². The third-order valence-corrected chi connectivity index (χ3v) is 12.7. The average Bonchev–Trinajstić information content (AvgIpc) is 3.66. The lowest BCUT2D eigenvalue weighted by molar-refractivity contribution is 0.592. The third kappa shape index (κ3) is 3.75. The molecule has 7 aromatic carbocycles. The molecule has 9 rings (SSSR count). The van der Waals surface area contributed by atoms with Crippen molar-refractivity contribution >= 4 is 45.0 Å². The average molecular weight is 609 g/mol. The van der Waals surface area contributed by atoms with Gasteiger partial charge >= 0.3 is 0 Å². The van der Waals surface area contributed by atoms with Crippen molar-refractivity contribution in [2.45, 2.75) is 5.41 Å². The fraction of sp³-hybridized carbons (Fsp3) is 0.0233. The van der Waals surface area contributed by atoms with Crippen LogP contribution >= 0.6 is 7.14 Å². The molecule has 0 radical (unpaired) electrons. The van der Waals surface area contributed by atoms with Crippen LogP contribution < -0.4 is 15.9 Å². The molecule has 0 saturated heterocycles. The molecule has 0 saturated carbocycles. The zero-order valence-electron chi connectivity index (χ0n) is 25.0. The molecule has 1 aliphatic carbocycles. The molecular formula is C43H29O2P. The van der Waals surface area contributed by atoms with Crippen LogP contribution in [0.1, 0.15) is 22.3 Å². The molecule has 8 aromatic rings. The maximum Gasteiger partial charge on any atom is 0.171 e. The SMILES string of the molecule is O=P(c1ccccc1)(c1ccccc1)c1ccc(C2(c3ccc4oc5ccccc5c4c3)c3ccccc3-c3ccccc32)cc1. The number of hydrogen-bond acceptors (Lipinski definition) is 2. The lowest BCUT2D eigenvalue weighted by atomic mass is 9.67. The predicted octanol–water partition coefficient (Wildman–Crippen LogP) is 9.59. The van der Waals surface area contributed by atoms with Gasteiger partial charge in [0.1, 0.15) is 11.2 Å². The zero-order valence-corrected chi connectivity index (χ0v) is 25.9. The first kappa shape index (κ1) is 26.9.